The first-order valence-corrected chi connectivity index (χ1v) is 8.43. The molecule has 0 spiro atoms. The summed E-state index contributed by atoms with van der Waals surface area (Å²) in [5.74, 6) is 0.470. The summed E-state index contributed by atoms with van der Waals surface area (Å²) in [5, 5.41) is 5.75. The second-order valence-corrected chi connectivity index (χ2v) is 6.03. The highest BCUT2D eigenvalue weighted by molar-refractivity contribution is 5.91. The van der Waals surface area contributed by atoms with Crippen molar-refractivity contribution in [1.82, 2.24) is 10.6 Å². The van der Waals surface area contributed by atoms with Crippen molar-refractivity contribution < 1.29 is 14.3 Å². The van der Waals surface area contributed by atoms with Crippen LogP contribution >= 0.6 is 0 Å². The van der Waals surface area contributed by atoms with Crippen molar-refractivity contribution in [2.45, 2.75) is 52.6 Å². The van der Waals surface area contributed by atoms with Crippen molar-refractivity contribution >= 4 is 17.6 Å². The van der Waals surface area contributed by atoms with Gasteiger partial charge < -0.3 is 15.4 Å². The maximum absolute atomic E-state index is 11.9. The Hall–Kier alpha value is -2.24. The first-order valence-electron chi connectivity index (χ1n) is 8.43. The van der Waals surface area contributed by atoms with Crippen LogP contribution in [0.3, 0.4) is 0 Å². The molecule has 6 nitrogen and oxygen atoms in total. The molecule has 3 amide bonds. The maximum atomic E-state index is 11.9. The Balaban J connectivity index is 2.53. The van der Waals surface area contributed by atoms with Crippen molar-refractivity contribution in [3.05, 3.63) is 24.3 Å². The molecular formula is C18H29N3O3. The number of anilines is 1. The van der Waals surface area contributed by atoms with E-state index in [0.717, 1.165) is 18.5 Å². The lowest BCUT2D eigenvalue weighted by atomic mass is 10.2. The molecule has 0 aromatic heterocycles. The van der Waals surface area contributed by atoms with Gasteiger partial charge in [0, 0.05) is 24.8 Å². The number of nitrogens with one attached hydrogen (secondary N) is 2. The van der Waals surface area contributed by atoms with Gasteiger partial charge in [0.25, 0.3) is 5.91 Å². The number of amides is 3. The molecule has 0 heterocycles. The second-order valence-electron chi connectivity index (χ2n) is 6.03. The highest BCUT2D eigenvalue weighted by atomic mass is 16.5. The zero-order valence-corrected chi connectivity index (χ0v) is 15.3. The highest BCUT2D eigenvalue weighted by Gasteiger charge is 2.12. The van der Waals surface area contributed by atoms with Crippen LogP contribution in [0.2, 0.25) is 0 Å². The van der Waals surface area contributed by atoms with Gasteiger partial charge in [0.15, 0.2) is 6.61 Å². The normalized spacial score (nSPS) is 10.6. The maximum Gasteiger partial charge on any atom is 0.321 e. The third-order valence-electron chi connectivity index (χ3n) is 3.66. The van der Waals surface area contributed by atoms with E-state index in [4.69, 9.17) is 4.74 Å². The first kappa shape index (κ1) is 19.8. The van der Waals surface area contributed by atoms with Crippen LogP contribution < -0.4 is 20.3 Å². The van der Waals surface area contributed by atoms with E-state index in [1.54, 1.807) is 31.3 Å². The fourth-order valence-corrected chi connectivity index (χ4v) is 2.14. The standard InChI is InChI=1S/C18H29N3O3/c1-6-14(7-2)20-17(22)12-24-16-10-8-15(9-11-16)21(5)18(23)19-13(3)4/h8-11,13-14H,6-7,12H2,1-5H3,(H,19,23)(H,20,22). The van der Waals surface area contributed by atoms with Crippen LogP contribution in [0.4, 0.5) is 10.5 Å². The Morgan fingerprint density at radius 1 is 1.08 bits per heavy atom. The smallest absolute Gasteiger partial charge is 0.321 e. The van der Waals surface area contributed by atoms with Gasteiger partial charge in [-0.3, -0.25) is 9.69 Å². The lowest BCUT2D eigenvalue weighted by Gasteiger charge is -2.20. The molecule has 134 valence electrons. The van der Waals surface area contributed by atoms with Crippen LogP contribution in [0.1, 0.15) is 40.5 Å². The summed E-state index contributed by atoms with van der Waals surface area (Å²) in [5.41, 5.74) is 0.752. The van der Waals surface area contributed by atoms with Crippen LogP contribution in [0.5, 0.6) is 5.75 Å². The molecule has 0 aliphatic rings. The van der Waals surface area contributed by atoms with Gasteiger partial charge in [-0.2, -0.15) is 0 Å². The molecule has 2 N–H and O–H groups in total. The summed E-state index contributed by atoms with van der Waals surface area (Å²) in [6, 6.07) is 7.18. The predicted molar refractivity (Wildman–Crippen MR) is 96.5 cm³/mol. The number of nitrogens with zero attached hydrogens (tertiary/aromatic N) is 1. The SMILES string of the molecule is CCC(CC)NC(=O)COc1ccc(N(C)C(=O)NC(C)C)cc1. The van der Waals surface area contributed by atoms with Gasteiger partial charge in [-0.25, -0.2) is 4.79 Å². The summed E-state index contributed by atoms with van der Waals surface area (Å²) in [6.07, 6.45) is 1.81. The Kier molecular flexibility index (Phi) is 8.09. The minimum Gasteiger partial charge on any atom is -0.484 e. The Bertz CT molecular complexity index is 525. The van der Waals surface area contributed by atoms with Crippen molar-refractivity contribution in [2.24, 2.45) is 0 Å². The highest BCUT2D eigenvalue weighted by Crippen LogP contribution is 2.18. The Labute approximate surface area is 144 Å². The molecule has 0 aliphatic carbocycles. The predicted octanol–water partition coefficient (Wildman–Crippen LogP) is 2.92. The third kappa shape index (κ3) is 6.48. The number of rotatable bonds is 8. The number of urea groups is 1. The molecule has 0 radical (unpaired) electrons. The topological polar surface area (TPSA) is 70.7 Å². The van der Waals surface area contributed by atoms with Crippen LogP contribution in [0, 0.1) is 0 Å². The lowest BCUT2D eigenvalue weighted by Crippen LogP contribution is -2.40. The zero-order valence-electron chi connectivity index (χ0n) is 15.3. The second kappa shape index (κ2) is 9.80. The molecule has 0 aliphatic heterocycles. The van der Waals surface area contributed by atoms with Crippen molar-refractivity contribution in [3.63, 3.8) is 0 Å². The van der Waals surface area contributed by atoms with Gasteiger partial charge in [-0.05, 0) is 51.0 Å². The van der Waals surface area contributed by atoms with Crippen LogP contribution in [0.15, 0.2) is 24.3 Å². The molecule has 0 bridgehead atoms. The minimum absolute atomic E-state index is 0.0144. The molecule has 0 unspecified atom stereocenters. The summed E-state index contributed by atoms with van der Waals surface area (Å²) in [7, 11) is 1.71. The van der Waals surface area contributed by atoms with E-state index in [0.29, 0.717) is 5.75 Å². The van der Waals surface area contributed by atoms with Crippen LogP contribution in [-0.4, -0.2) is 37.7 Å². The number of hydrogen-bond donors (Lipinski definition) is 2. The first-order chi connectivity index (χ1) is 11.4. The Morgan fingerprint density at radius 3 is 2.17 bits per heavy atom. The van der Waals surface area contributed by atoms with Gasteiger partial charge in [-0.15, -0.1) is 0 Å². The molecule has 0 saturated carbocycles. The van der Waals surface area contributed by atoms with Crippen LogP contribution in [-0.2, 0) is 4.79 Å². The van der Waals surface area contributed by atoms with Gasteiger partial charge in [0.05, 0.1) is 0 Å². The lowest BCUT2D eigenvalue weighted by molar-refractivity contribution is -0.123. The summed E-state index contributed by atoms with van der Waals surface area (Å²) in [6.45, 7) is 7.89. The number of hydrogen-bond acceptors (Lipinski definition) is 3. The van der Waals surface area contributed by atoms with Gasteiger partial charge in [-0.1, -0.05) is 13.8 Å². The number of ether oxygens (including phenoxy) is 1. The molecule has 1 aromatic carbocycles. The number of carbonyl (C=O) groups is 2. The van der Waals surface area contributed by atoms with E-state index in [1.165, 1.54) is 4.90 Å². The Morgan fingerprint density at radius 2 is 1.67 bits per heavy atom. The van der Waals surface area contributed by atoms with E-state index in [9.17, 15) is 9.59 Å². The molecule has 6 heteroatoms. The van der Waals surface area contributed by atoms with E-state index in [-0.39, 0.29) is 30.6 Å². The summed E-state index contributed by atoms with van der Waals surface area (Å²) in [4.78, 5) is 25.3. The minimum atomic E-state index is -0.164. The molecule has 0 atom stereocenters. The fraction of sp³-hybridized carbons (Fsp3) is 0.556. The zero-order chi connectivity index (χ0) is 18.1. The largest absolute Gasteiger partial charge is 0.484 e. The van der Waals surface area contributed by atoms with E-state index >= 15 is 0 Å². The van der Waals surface area contributed by atoms with Crippen molar-refractivity contribution in [1.29, 1.82) is 0 Å². The molecular weight excluding hydrogens is 306 g/mol. The van der Waals surface area contributed by atoms with Gasteiger partial charge >= 0.3 is 6.03 Å². The quantitative estimate of drug-likeness (QED) is 0.767. The number of carbonyl (C=O) groups excluding carboxylic acids is 2. The summed E-state index contributed by atoms with van der Waals surface area (Å²) >= 11 is 0. The molecule has 1 rings (SSSR count). The average molecular weight is 335 g/mol. The molecule has 1 aromatic rings. The van der Waals surface area contributed by atoms with E-state index in [1.807, 2.05) is 27.7 Å². The van der Waals surface area contributed by atoms with Crippen molar-refractivity contribution in [3.8, 4) is 5.75 Å². The van der Waals surface area contributed by atoms with Gasteiger partial charge in [0.1, 0.15) is 5.75 Å². The van der Waals surface area contributed by atoms with E-state index in [2.05, 4.69) is 10.6 Å². The average Bonchev–Trinajstić information content (AvgIpc) is 2.57. The molecule has 0 saturated heterocycles. The molecule has 24 heavy (non-hydrogen) atoms. The third-order valence-corrected chi connectivity index (χ3v) is 3.66. The number of benzene rings is 1. The van der Waals surface area contributed by atoms with Crippen molar-refractivity contribution in [2.75, 3.05) is 18.6 Å². The van der Waals surface area contributed by atoms with Crippen LogP contribution in [0.25, 0.3) is 0 Å². The van der Waals surface area contributed by atoms with Gasteiger partial charge in [0.2, 0.25) is 0 Å². The van der Waals surface area contributed by atoms with E-state index < -0.39 is 0 Å². The fourth-order valence-electron chi connectivity index (χ4n) is 2.14. The molecule has 0 fully saturated rings. The monoisotopic (exact) mass is 335 g/mol. The summed E-state index contributed by atoms with van der Waals surface area (Å²) < 4.78 is 5.49.